The molecule has 1 aliphatic heterocycles. The van der Waals surface area contributed by atoms with Crippen molar-refractivity contribution in [2.45, 2.75) is 6.92 Å². The summed E-state index contributed by atoms with van der Waals surface area (Å²) in [6.45, 7) is 11.3. The third kappa shape index (κ3) is 2.28. The molecule has 0 spiro atoms. The maximum atomic E-state index is 12.6. The number of amides is 1. The van der Waals surface area contributed by atoms with Crippen molar-refractivity contribution < 1.29 is 9.18 Å². The predicted molar refractivity (Wildman–Crippen MR) is 51.8 cm³/mol. The van der Waals surface area contributed by atoms with Crippen LogP contribution in [0.15, 0.2) is 36.7 Å². The fourth-order valence-corrected chi connectivity index (χ4v) is 1.23. The van der Waals surface area contributed by atoms with E-state index in [2.05, 4.69) is 19.7 Å². The van der Waals surface area contributed by atoms with Crippen LogP contribution in [-0.2, 0) is 4.79 Å². The Hall–Kier alpha value is -1.38. The van der Waals surface area contributed by atoms with E-state index in [0.29, 0.717) is 6.54 Å². The number of carbonyl (C=O) groups is 1. The number of halogens is 1. The molecule has 0 fully saturated rings. The van der Waals surface area contributed by atoms with Crippen LogP contribution in [0, 0.1) is 0 Å². The zero-order valence-electron chi connectivity index (χ0n) is 8.06. The van der Waals surface area contributed by atoms with Crippen LogP contribution in [0.5, 0.6) is 0 Å². The van der Waals surface area contributed by atoms with Crippen LogP contribution < -0.4 is 0 Å². The smallest absolute Gasteiger partial charge is 0.256 e. The summed E-state index contributed by atoms with van der Waals surface area (Å²) >= 11 is 0. The van der Waals surface area contributed by atoms with E-state index in [1.165, 1.54) is 4.90 Å². The van der Waals surface area contributed by atoms with Crippen LogP contribution in [0.25, 0.3) is 0 Å². The molecule has 13 heavy (non-hydrogen) atoms. The van der Waals surface area contributed by atoms with Gasteiger partial charge in [0.1, 0.15) is 5.83 Å². The van der Waals surface area contributed by atoms with E-state index in [1.54, 1.807) is 14.0 Å². The van der Waals surface area contributed by atoms with Crippen molar-refractivity contribution in [2.24, 2.45) is 0 Å². The lowest BCUT2D eigenvalue weighted by Crippen LogP contribution is -2.21. The van der Waals surface area contributed by atoms with Crippen LogP contribution in [0.3, 0.4) is 0 Å². The van der Waals surface area contributed by atoms with Gasteiger partial charge in [0.25, 0.3) is 5.91 Å². The third-order valence-corrected chi connectivity index (χ3v) is 1.73. The van der Waals surface area contributed by atoms with E-state index in [4.69, 9.17) is 0 Å². The molecule has 1 aliphatic rings. The molecule has 3 heteroatoms. The molecule has 72 valence electrons. The highest BCUT2D eigenvalue weighted by atomic mass is 19.1. The van der Waals surface area contributed by atoms with Crippen LogP contribution in [0.2, 0.25) is 0 Å². The zero-order chi connectivity index (χ0) is 10.6. The second-order valence-corrected chi connectivity index (χ2v) is 2.72. The molecule has 0 radical (unpaired) electrons. The number of nitrogens with zero attached hydrogens (tertiary/aromatic N) is 1. The minimum atomic E-state index is -0.628. The normalized spacial score (nSPS) is 15.6. The highest BCUT2D eigenvalue weighted by Gasteiger charge is 2.26. The molecule has 0 aromatic carbocycles. The first-order valence-electron chi connectivity index (χ1n) is 3.84. The monoisotopic (exact) mass is 183 g/mol. The number of carbonyl (C=O) groups excluding carboxylic acids is 1. The second-order valence-electron chi connectivity index (χ2n) is 2.72. The van der Waals surface area contributed by atoms with Gasteiger partial charge in [0, 0.05) is 13.6 Å². The number of rotatable bonds is 1. The van der Waals surface area contributed by atoms with E-state index in [-0.39, 0.29) is 11.5 Å². The summed E-state index contributed by atoms with van der Waals surface area (Å²) in [5.74, 6) is -0.896. The Bertz CT molecular complexity index is 268. The van der Waals surface area contributed by atoms with Crippen molar-refractivity contribution in [3.05, 3.63) is 36.7 Å². The van der Waals surface area contributed by atoms with E-state index < -0.39 is 5.83 Å². The molecule has 2 nitrogen and oxygen atoms in total. The fraction of sp³-hybridized carbons (Fsp3) is 0.300. The number of likely N-dealkylation sites (N-methyl/N-ethyl adjacent to an activating group) is 1. The van der Waals surface area contributed by atoms with Crippen LogP contribution in [-0.4, -0.2) is 24.4 Å². The Balaban J connectivity index is 0.000000671. The van der Waals surface area contributed by atoms with Gasteiger partial charge in [0.2, 0.25) is 0 Å². The first-order chi connectivity index (χ1) is 6.04. The summed E-state index contributed by atoms with van der Waals surface area (Å²) in [5, 5.41) is 0. The second kappa shape index (κ2) is 4.60. The zero-order valence-corrected chi connectivity index (χ0v) is 8.06. The van der Waals surface area contributed by atoms with Gasteiger partial charge < -0.3 is 4.90 Å². The lowest BCUT2D eigenvalue weighted by molar-refractivity contribution is -0.124. The van der Waals surface area contributed by atoms with Gasteiger partial charge in [-0.25, -0.2) is 4.39 Å². The molecule has 0 atom stereocenters. The molecule has 1 heterocycles. The predicted octanol–water partition coefficient (Wildman–Crippen LogP) is 2.06. The molecule has 1 rings (SSSR count). The Kier molecular flexibility index (Phi) is 4.11. The highest BCUT2D eigenvalue weighted by Crippen LogP contribution is 2.23. The first-order valence-corrected chi connectivity index (χ1v) is 3.84. The molecular formula is C10H14FNO. The largest absolute Gasteiger partial charge is 0.338 e. The molecule has 0 aliphatic carbocycles. The van der Waals surface area contributed by atoms with E-state index in [0.717, 1.165) is 5.57 Å². The van der Waals surface area contributed by atoms with E-state index >= 15 is 0 Å². The maximum absolute atomic E-state index is 12.6. The molecule has 1 amide bonds. The Morgan fingerprint density at radius 3 is 2.15 bits per heavy atom. The lowest BCUT2D eigenvalue weighted by Gasteiger charge is -2.06. The van der Waals surface area contributed by atoms with Gasteiger partial charge in [-0.15, -0.1) is 13.2 Å². The van der Waals surface area contributed by atoms with E-state index in [1.807, 2.05) is 0 Å². The highest BCUT2D eigenvalue weighted by molar-refractivity contribution is 6.00. The van der Waals surface area contributed by atoms with Crippen molar-refractivity contribution in [3.8, 4) is 0 Å². The van der Waals surface area contributed by atoms with Gasteiger partial charge in [-0.1, -0.05) is 6.58 Å². The fourth-order valence-electron chi connectivity index (χ4n) is 1.23. The molecule has 0 aromatic heterocycles. The Morgan fingerprint density at radius 2 is 2.00 bits per heavy atom. The van der Waals surface area contributed by atoms with Gasteiger partial charge in [-0.2, -0.15) is 0 Å². The van der Waals surface area contributed by atoms with Crippen LogP contribution in [0.1, 0.15) is 6.92 Å². The lowest BCUT2D eigenvalue weighted by atomic mass is 10.1. The van der Waals surface area contributed by atoms with Crippen molar-refractivity contribution in [2.75, 3.05) is 13.6 Å². The van der Waals surface area contributed by atoms with E-state index in [9.17, 15) is 9.18 Å². The van der Waals surface area contributed by atoms with Crippen LogP contribution in [0.4, 0.5) is 4.39 Å². The molecule has 0 bridgehead atoms. The van der Waals surface area contributed by atoms with Gasteiger partial charge in [0.15, 0.2) is 0 Å². The van der Waals surface area contributed by atoms with Gasteiger partial charge in [-0.05, 0) is 12.5 Å². The molecule has 0 saturated carbocycles. The topological polar surface area (TPSA) is 20.3 Å². The summed E-state index contributed by atoms with van der Waals surface area (Å²) in [6.07, 6.45) is 0. The minimum absolute atomic E-state index is 0.146. The van der Waals surface area contributed by atoms with Gasteiger partial charge >= 0.3 is 0 Å². The van der Waals surface area contributed by atoms with Gasteiger partial charge in [-0.3, -0.25) is 4.79 Å². The quantitative estimate of drug-likeness (QED) is 0.570. The molecule has 0 aromatic rings. The van der Waals surface area contributed by atoms with Gasteiger partial charge in [0.05, 0.1) is 5.57 Å². The Morgan fingerprint density at radius 1 is 1.54 bits per heavy atom. The molecule has 0 unspecified atom stereocenters. The summed E-state index contributed by atoms with van der Waals surface area (Å²) in [6, 6.07) is 0. The molecule has 0 N–H and O–H groups in total. The third-order valence-electron chi connectivity index (χ3n) is 1.73. The van der Waals surface area contributed by atoms with Crippen molar-refractivity contribution >= 4 is 5.91 Å². The minimum Gasteiger partial charge on any atom is -0.338 e. The first kappa shape index (κ1) is 11.6. The summed E-state index contributed by atoms with van der Waals surface area (Å²) in [4.78, 5) is 12.6. The SMILES string of the molecule is C=C.C=C(F)C1=C(C)CN(C)C1=O. The average molecular weight is 183 g/mol. The Labute approximate surface area is 78.0 Å². The molecule has 0 saturated heterocycles. The molecular weight excluding hydrogens is 169 g/mol. The number of hydrogen-bond acceptors (Lipinski definition) is 1. The van der Waals surface area contributed by atoms with Crippen molar-refractivity contribution in [1.82, 2.24) is 4.90 Å². The standard InChI is InChI=1S/C8H10FNO.C2H4/c1-5-4-10(3)8(11)7(5)6(2)9;1-2/h2,4H2,1,3H3;1-2H2. The van der Waals surface area contributed by atoms with Crippen LogP contribution >= 0.6 is 0 Å². The number of hydrogen-bond donors (Lipinski definition) is 0. The van der Waals surface area contributed by atoms with Crippen molar-refractivity contribution in [1.29, 1.82) is 0 Å². The maximum Gasteiger partial charge on any atom is 0.256 e. The summed E-state index contributed by atoms with van der Waals surface area (Å²) < 4.78 is 12.6. The summed E-state index contributed by atoms with van der Waals surface area (Å²) in [7, 11) is 1.64. The average Bonchev–Trinajstić information content (AvgIpc) is 2.30. The van der Waals surface area contributed by atoms with Crippen molar-refractivity contribution in [3.63, 3.8) is 0 Å². The summed E-state index contributed by atoms with van der Waals surface area (Å²) in [5.41, 5.74) is 0.900.